The molecule has 2 aromatic rings. The first-order chi connectivity index (χ1) is 16.5. The fourth-order valence-electron chi connectivity index (χ4n) is 3.95. The van der Waals surface area contributed by atoms with Crippen molar-refractivity contribution in [1.82, 2.24) is 16.0 Å². The summed E-state index contributed by atoms with van der Waals surface area (Å²) in [5.74, 6) is -1.84. The second-order valence-corrected chi connectivity index (χ2v) is 11.4. The van der Waals surface area contributed by atoms with Crippen LogP contribution in [0.25, 0.3) is 0 Å². The summed E-state index contributed by atoms with van der Waals surface area (Å²) in [6.45, 7) is 3.40. The Labute approximate surface area is 204 Å². The molecule has 0 aromatic heterocycles. The van der Waals surface area contributed by atoms with E-state index in [-0.39, 0.29) is 30.1 Å². The van der Waals surface area contributed by atoms with E-state index in [2.05, 4.69) is 16.0 Å². The predicted octanol–water partition coefficient (Wildman–Crippen LogP) is 5.35. The summed E-state index contributed by atoms with van der Waals surface area (Å²) in [6, 6.07) is 4.94. The van der Waals surface area contributed by atoms with Crippen LogP contribution in [0.3, 0.4) is 0 Å². The van der Waals surface area contributed by atoms with Crippen molar-refractivity contribution < 1.29 is 38.1 Å². The van der Waals surface area contributed by atoms with Gasteiger partial charge in [0.25, 0.3) is 0 Å². The Bertz CT molecular complexity index is 1140. The van der Waals surface area contributed by atoms with Gasteiger partial charge in [0.1, 0.15) is 4.90 Å². The van der Waals surface area contributed by atoms with E-state index in [1.54, 1.807) is 19.9 Å². The van der Waals surface area contributed by atoms with Crippen molar-refractivity contribution in [3.63, 3.8) is 0 Å². The van der Waals surface area contributed by atoms with Gasteiger partial charge >= 0.3 is 10.2 Å². The maximum atomic E-state index is 14.0. The van der Waals surface area contributed by atoms with Crippen LogP contribution in [0.1, 0.15) is 37.4 Å². The average molecular weight is 540 g/mol. The van der Waals surface area contributed by atoms with Crippen LogP contribution in [0.2, 0.25) is 0 Å². The van der Waals surface area contributed by atoms with Crippen LogP contribution >= 0.6 is 10.2 Å². The zero-order valence-electron chi connectivity index (χ0n) is 19.7. The number of methoxy groups -OCH3 is 1. The van der Waals surface area contributed by atoms with Crippen molar-refractivity contribution in [2.75, 3.05) is 7.11 Å². The number of halogens is 6. The molecule has 2 unspecified atom stereocenters. The van der Waals surface area contributed by atoms with Gasteiger partial charge in [-0.25, -0.2) is 4.39 Å². The molecule has 2 amide bonds. The molecule has 3 atom stereocenters. The Morgan fingerprint density at radius 3 is 2.28 bits per heavy atom. The van der Waals surface area contributed by atoms with Gasteiger partial charge in [0.2, 0.25) is 11.8 Å². The predicted molar refractivity (Wildman–Crippen MR) is 124 cm³/mol. The number of nitrogens with one attached hydrogen (secondary N) is 3. The fraction of sp³-hybridized carbons (Fsp3) is 0.391. The van der Waals surface area contributed by atoms with Crippen LogP contribution in [-0.4, -0.2) is 31.1 Å². The third kappa shape index (κ3) is 6.84. The molecule has 3 N–H and O–H groups in total. The van der Waals surface area contributed by atoms with E-state index in [0.29, 0.717) is 17.7 Å². The highest BCUT2D eigenvalue weighted by Crippen LogP contribution is 3.02. The van der Waals surface area contributed by atoms with Gasteiger partial charge in [-0.05, 0) is 41.3 Å². The molecule has 3 rings (SSSR count). The minimum Gasteiger partial charge on any atom is -0.494 e. The van der Waals surface area contributed by atoms with E-state index in [1.165, 1.54) is 19.2 Å². The zero-order valence-corrected chi connectivity index (χ0v) is 20.5. The molecular formula is C23H27F6N3O3S. The van der Waals surface area contributed by atoms with Crippen molar-refractivity contribution in [3.8, 4) is 5.75 Å². The maximum absolute atomic E-state index is 14.0. The van der Waals surface area contributed by atoms with Crippen LogP contribution in [0.5, 0.6) is 5.75 Å². The summed E-state index contributed by atoms with van der Waals surface area (Å²) in [4.78, 5) is 23.2. The number of carbonyl (C=O) groups excluding carboxylic acids is 2. The number of amides is 2. The lowest BCUT2D eigenvalue weighted by atomic mass is 9.95. The summed E-state index contributed by atoms with van der Waals surface area (Å²) in [5, 5.41) is 8.34. The van der Waals surface area contributed by atoms with Gasteiger partial charge in [0.15, 0.2) is 11.6 Å². The Kier molecular flexibility index (Phi) is 7.05. The Morgan fingerprint density at radius 2 is 1.75 bits per heavy atom. The highest BCUT2D eigenvalue weighted by atomic mass is 32.5. The van der Waals surface area contributed by atoms with Gasteiger partial charge in [0.05, 0.1) is 31.8 Å². The molecule has 13 heteroatoms. The van der Waals surface area contributed by atoms with E-state index in [1.807, 2.05) is 0 Å². The van der Waals surface area contributed by atoms with E-state index in [0.717, 1.165) is 12.1 Å². The minimum atomic E-state index is -9.82. The first-order valence-corrected chi connectivity index (χ1v) is 12.9. The largest absolute Gasteiger partial charge is 0.494 e. The Morgan fingerprint density at radius 1 is 1.11 bits per heavy atom. The monoisotopic (exact) mass is 539 g/mol. The SMILES string of the molecule is COc1ccc(CC2NC(=O)CC(C(=O)N[C@@H](c3ccc(S(F)(F)(F)(F)F)cc3)C(C)C)N2)cc1F. The van der Waals surface area contributed by atoms with E-state index < -0.39 is 51.0 Å². The third-order valence-corrected chi connectivity index (χ3v) is 6.91. The average Bonchev–Trinajstić information content (AvgIpc) is 2.75. The second kappa shape index (κ2) is 9.18. The third-order valence-electron chi connectivity index (χ3n) is 5.75. The zero-order chi connectivity index (χ0) is 27.0. The summed E-state index contributed by atoms with van der Waals surface area (Å²) in [7, 11) is -8.49. The Hall–Kier alpha value is -2.93. The molecule has 0 saturated carbocycles. The maximum Gasteiger partial charge on any atom is 0.310 e. The lowest BCUT2D eigenvalue weighted by Gasteiger charge is -2.40. The van der Waals surface area contributed by atoms with Gasteiger partial charge in [0, 0.05) is 6.42 Å². The van der Waals surface area contributed by atoms with Gasteiger partial charge in [-0.2, -0.15) is 0 Å². The number of rotatable bonds is 8. The molecule has 1 fully saturated rings. The van der Waals surface area contributed by atoms with Crippen molar-refractivity contribution in [2.45, 2.75) is 49.8 Å². The number of carbonyl (C=O) groups is 2. The van der Waals surface area contributed by atoms with Crippen molar-refractivity contribution in [3.05, 3.63) is 59.4 Å². The van der Waals surface area contributed by atoms with Crippen LogP contribution in [0.4, 0.5) is 23.8 Å². The van der Waals surface area contributed by atoms with Crippen molar-refractivity contribution in [2.24, 2.45) is 5.92 Å². The number of hydrogen-bond acceptors (Lipinski definition) is 4. The van der Waals surface area contributed by atoms with Crippen LogP contribution in [0.15, 0.2) is 47.4 Å². The normalized spacial score (nSPS) is 21.2. The van der Waals surface area contributed by atoms with Crippen LogP contribution in [0, 0.1) is 11.7 Å². The van der Waals surface area contributed by atoms with Gasteiger partial charge in [-0.15, -0.1) is 0 Å². The second-order valence-electron chi connectivity index (χ2n) is 8.98. The van der Waals surface area contributed by atoms with Gasteiger partial charge in [-0.3, -0.25) is 14.9 Å². The molecule has 1 saturated heterocycles. The standard InChI is InChI=1S/C23H27F6N3O3S/c1-13(2)22(15-5-7-16(8-6-15)36(25,26,27,28)29)32-23(34)18-12-21(33)31-20(30-18)11-14-4-9-19(35-3)17(24)10-14/h4-10,13,18,20,22,30H,11-12H2,1-3H3,(H,31,33)(H,32,34)/t18?,20?,22-/m1/s1. The van der Waals surface area contributed by atoms with Gasteiger partial charge in [-0.1, -0.05) is 51.5 Å². The molecule has 200 valence electrons. The number of benzene rings is 2. The molecule has 2 aromatic carbocycles. The first kappa shape index (κ1) is 27.7. The Balaban J connectivity index is 1.72. The topological polar surface area (TPSA) is 79.5 Å². The summed E-state index contributed by atoms with van der Waals surface area (Å²) in [5.41, 5.74) is 0.741. The molecule has 6 nitrogen and oxygen atoms in total. The molecule has 1 heterocycles. The number of hydrogen-bond donors (Lipinski definition) is 3. The van der Waals surface area contributed by atoms with Crippen LogP contribution in [-0.2, 0) is 16.0 Å². The van der Waals surface area contributed by atoms with E-state index >= 15 is 0 Å². The molecule has 1 aliphatic heterocycles. The van der Waals surface area contributed by atoms with E-state index in [9.17, 15) is 33.4 Å². The molecule has 1 aliphatic rings. The molecule has 0 aliphatic carbocycles. The van der Waals surface area contributed by atoms with Crippen molar-refractivity contribution in [1.29, 1.82) is 0 Å². The van der Waals surface area contributed by atoms with Crippen LogP contribution < -0.4 is 20.7 Å². The summed E-state index contributed by atoms with van der Waals surface area (Å²) < 4.78 is 84.1. The molecule has 0 spiro atoms. The van der Waals surface area contributed by atoms with Crippen molar-refractivity contribution >= 4 is 22.0 Å². The quantitative estimate of drug-likeness (QED) is 0.395. The summed E-state index contributed by atoms with van der Waals surface area (Å²) >= 11 is 0. The fourth-order valence-corrected chi connectivity index (χ4v) is 4.60. The molecule has 0 radical (unpaired) electrons. The lowest BCUT2D eigenvalue weighted by molar-refractivity contribution is -0.132. The lowest BCUT2D eigenvalue weighted by Crippen LogP contribution is -2.61. The van der Waals surface area contributed by atoms with Gasteiger partial charge < -0.3 is 15.4 Å². The molecular weight excluding hydrogens is 512 g/mol. The number of ether oxygens (including phenoxy) is 1. The summed E-state index contributed by atoms with van der Waals surface area (Å²) in [6.07, 6.45) is -0.725. The molecule has 36 heavy (non-hydrogen) atoms. The van der Waals surface area contributed by atoms with E-state index in [4.69, 9.17) is 4.74 Å². The first-order valence-electron chi connectivity index (χ1n) is 11.0. The smallest absolute Gasteiger partial charge is 0.310 e. The molecule has 0 bridgehead atoms. The minimum absolute atomic E-state index is 0.0602. The highest BCUT2D eigenvalue weighted by Gasteiger charge is 2.65. The highest BCUT2D eigenvalue weighted by molar-refractivity contribution is 8.45.